The number of carbonyl (C=O) groups is 1. The first kappa shape index (κ1) is 15.5. The van der Waals surface area contributed by atoms with E-state index < -0.39 is 6.10 Å². The first-order chi connectivity index (χ1) is 8.90. The van der Waals surface area contributed by atoms with Crippen LogP contribution in [0.1, 0.15) is 38.0 Å². The minimum absolute atomic E-state index is 0.0155. The zero-order chi connectivity index (χ0) is 14.4. The molecule has 0 fully saturated rings. The SMILES string of the molecule is Cc1cc(C(C)O)ccc1OCC(=O)NCC(C)C. The molecule has 0 saturated heterocycles. The summed E-state index contributed by atoms with van der Waals surface area (Å²) < 4.78 is 5.47. The quantitative estimate of drug-likeness (QED) is 0.829. The Bertz CT molecular complexity index is 427. The number of amides is 1. The predicted octanol–water partition coefficient (Wildman–Crippen LogP) is 2.20. The van der Waals surface area contributed by atoms with Gasteiger partial charge in [-0.15, -0.1) is 0 Å². The van der Waals surface area contributed by atoms with Crippen LogP contribution in [-0.4, -0.2) is 24.2 Å². The minimum atomic E-state index is -0.498. The first-order valence-corrected chi connectivity index (χ1v) is 6.58. The molecule has 0 bridgehead atoms. The standard InChI is InChI=1S/C15H23NO3/c1-10(2)8-16-15(18)9-19-14-6-5-13(12(4)17)7-11(14)3/h5-7,10,12,17H,8-9H2,1-4H3,(H,16,18). The van der Waals surface area contributed by atoms with E-state index >= 15 is 0 Å². The van der Waals surface area contributed by atoms with Crippen LogP contribution >= 0.6 is 0 Å². The monoisotopic (exact) mass is 265 g/mol. The van der Waals surface area contributed by atoms with Crippen LogP contribution in [0.2, 0.25) is 0 Å². The molecule has 1 atom stereocenters. The van der Waals surface area contributed by atoms with E-state index in [-0.39, 0.29) is 12.5 Å². The lowest BCUT2D eigenvalue weighted by Gasteiger charge is -2.12. The van der Waals surface area contributed by atoms with Crippen LogP contribution in [0.15, 0.2) is 18.2 Å². The molecule has 4 nitrogen and oxygen atoms in total. The highest BCUT2D eigenvalue weighted by atomic mass is 16.5. The summed E-state index contributed by atoms with van der Waals surface area (Å²) in [5, 5.41) is 12.3. The Morgan fingerprint density at radius 1 is 1.37 bits per heavy atom. The normalized spacial score (nSPS) is 12.3. The lowest BCUT2D eigenvalue weighted by Crippen LogP contribution is -2.31. The van der Waals surface area contributed by atoms with Gasteiger partial charge in [0.25, 0.3) is 5.91 Å². The lowest BCUT2D eigenvalue weighted by atomic mass is 10.1. The smallest absolute Gasteiger partial charge is 0.257 e. The van der Waals surface area contributed by atoms with Gasteiger partial charge in [0.2, 0.25) is 0 Å². The summed E-state index contributed by atoms with van der Waals surface area (Å²) in [6.45, 7) is 8.37. The lowest BCUT2D eigenvalue weighted by molar-refractivity contribution is -0.123. The Hall–Kier alpha value is -1.55. The van der Waals surface area contributed by atoms with Gasteiger partial charge in [-0.1, -0.05) is 19.9 Å². The van der Waals surface area contributed by atoms with Crippen molar-refractivity contribution >= 4 is 5.91 Å². The molecule has 1 rings (SSSR count). The van der Waals surface area contributed by atoms with Crippen LogP contribution in [-0.2, 0) is 4.79 Å². The van der Waals surface area contributed by atoms with Gasteiger partial charge in [0, 0.05) is 6.54 Å². The average Bonchev–Trinajstić information content (AvgIpc) is 2.34. The highest BCUT2D eigenvalue weighted by Gasteiger charge is 2.07. The number of rotatable bonds is 6. The van der Waals surface area contributed by atoms with Crippen molar-refractivity contribution in [2.75, 3.05) is 13.2 Å². The number of hydrogen-bond donors (Lipinski definition) is 2. The van der Waals surface area contributed by atoms with Crippen LogP contribution in [0.5, 0.6) is 5.75 Å². The van der Waals surface area contributed by atoms with Crippen LogP contribution in [0.3, 0.4) is 0 Å². The molecule has 106 valence electrons. The van der Waals surface area contributed by atoms with Crippen LogP contribution in [0.25, 0.3) is 0 Å². The number of aliphatic hydroxyl groups is 1. The van der Waals surface area contributed by atoms with E-state index in [4.69, 9.17) is 4.74 Å². The second kappa shape index (κ2) is 7.14. The van der Waals surface area contributed by atoms with Gasteiger partial charge in [-0.2, -0.15) is 0 Å². The molecule has 1 aromatic carbocycles. The van der Waals surface area contributed by atoms with Crippen LogP contribution in [0, 0.1) is 12.8 Å². The van der Waals surface area contributed by atoms with E-state index in [1.54, 1.807) is 19.1 Å². The predicted molar refractivity (Wildman–Crippen MR) is 75.2 cm³/mol. The van der Waals surface area contributed by atoms with Gasteiger partial charge in [-0.3, -0.25) is 4.79 Å². The second-order valence-corrected chi connectivity index (χ2v) is 5.19. The van der Waals surface area contributed by atoms with Gasteiger partial charge in [-0.05, 0) is 43.0 Å². The Labute approximate surface area is 114 Å². The largest absolute Gasteiger partial charge is 0.484 e. The molecular weight excluding hydrogens is 242 g/mol. The summed E-state index contributed by atoms with van der Waals surface area (Å²) in [5.41, 5.74) is 1.75. The molecule has 2 N–H and O–H groups in total. The Morgan fingerprint density at radius 3 is 2.58 bits per heavy atom. The summed E-state index contributed by atoms with van der Waals surface area (Å²) in [7, 11) is 0. The number of carbonyl (C=O) groups excluding carboxylic acids is 1. The first-order valence-electron chi connectivity index (χ1n) is 6.58. The van der Waals surface area contributed by atoms with Crippen molar-refractivity contribution in [3.8, 4) is 5.75 Å². The number of ether oxygens (including phenoxy) is 1. The number of aryl methyl sites for hydroxylation is 1. The summed E-state index contributed by atoms with van der Waals surface area (Å²) in [5.74, 6) is 0.979. The maximum absolute atomic E-state index is 11.5. The van der Waals surface area contributed by atoms with E-state index in [2.05, 4.69) is 5.32 Å². The van der Waals surface area contributed by atoms with Gasteiger partial charge in [-0.25, -0.2) is 0 Å². The zero-order valence-corrected chi connectivity index (χ0v) is 12.1. The number of benzene rings is 1. The average molecular weight is 265 g/mol. The highest BCUT2D eigenvalue weighted by Crippen LogP contribution is 2.22. The third kappa shape index (κ3) is 5.30. The van der Waals surface area contributed by atoms with E-state index in [1.807, 2.05) is 26.8 Å². The fourth-order valence-corrected chi connectivity index (χ4v) is 1.61. The Morgan fingerprint density at radius 2 is 2.05 bits per heavy atom. The van der Waals surface area contributed by atoms with Crippen molar-refractivity contribution in [1.82, 2.24) is 5.32 Å². The van der Waals surface area contributed by atoms with Gasteiger partial charge >= 0.3 is 0 Å². The maximum Gasteiger partial charge on any atom is 0.257 e. The molecule has 0 saturated carbocycles. The van der Waals surface area contributed by atoms with Crippen molar-refractivity contribution in [2.24, 2.45) is 5.92 Å². The molecule has 0 radical (unpaired) electrons. The van der Waals surface area contributed by atoms with Crippen LogP contribution in [0.4, 0.5) is 0 Å². The summed E-state index contributed by atoms with van der Waals surface area (Å²) in [6.07, 6.45) is -0.498. The zero-order valence-electron chi connectivity index (χ0n) is 12.1. The molecule has 0 aromatic heterocycles. The van der Waals surface area contributed by atoms with Crippen molar-refractivity contribution in [3.05, 3.63) is 29.3 Å². The topological polar surface area (TPSA) is 58.6 Å². The Kier molecular flexibility index (Phi) is 5.83. The van der Waals surface area contributed by atoms with Crippen molar-refractivity contribution in [2.45, 2.75) is 33.8 Å². The third-order valence-corrected chi connectivity index (χ3v) is 2.75. The molecule has 1 aromatic rings. The molecule has 0 aliphatic rings. The van der Waals surface area contributed by atoms with E-state index in [0.29, 0.717) is 18.2 Å². The van der Waals surface area contributed by atoms with Crippen LogP contribution < -0.4 is 10.1 Å². The molecule has 1 unspecified atom stereocenters. The molecule has 0 spiro atoms. The van der Waals surface area contributed by atoms with Crippen molar-refractivity contribution in [3.63, 3.8) is 0 Å². The van der Waals surface area contributed by atoms with E-state index in [1.165, 1.54) is 0 Å². The Balaban J connectivity index is 2.51. The van der Waals surface area contributed by atoms with E-state index in [0.717, 1.165) is 11.1 Å². The number of aliphatic hydroxyl groups excluding tert-OH is 1. The van der Waals surface area contributed by atoms with E-state index in [9.17, 15) is 9.90 Å². The second-order valence-electron chi connectivity index (χ2n) is 5.19. The molecule has 4 heteroatoms. The number of hydrogen-bond acceptors (Lipinski definition) is 3. The molecular formula is C15H23NO3. The van der Waals surface area contributed by atoms with Gasteiger partial charge < -0.3 is 15.2 Å². The maximum atomic E-state index is 11.5. The van der Waals surface area contributed by atoms with Crippen molar-refractivity contribution in [1.29, 1.82) is 0 Å². The highest BCUT2D eigenvalue weighted by molar-refractivity contribution is 5.77. The summed E-state index contributed by atoms with van der Waals surface area (Å²) >= 11 is 0. The molecule has 19 heavy (non-hydrogen) atoms. The third-order valence-electron chi connectivity index (χ3n) is 2.75. The molecule has 0 heterocycles. The molecule has 0 aliphatic carbocycles. The molecule has 1 amide bonds. The van der Waals surface area contributed by atoms with Gasteiger partial charge in [0.15, 0.2) is 6.61 Å². The number of nitrogens with one attached hydrogen (secondary N) is 1. The minimum Gasteiger partial charge on any atom is -0.484 e. The van der Waals surface area contributed by atoms with Gasteiger partial charge in [0.05, 0.1) is 6.10 Å². The summed E-state index contributed by atoms with van der Waals surface area (Å²) in [4.78, 5) is 11.5. The van der Waals surface area contributed by atoms with Gasteiger partial charge in [0.1, 0.15) is 5.75 Å². The fourth-order valence-electron chi connectivity index (χ4n) is 1.61. The summed E-state index contributed by atoms with van der Waals surface area (Å²) in [6, 6.07) is 5.46. The molecule has 0 aliphatic heterocycles. The van der Waals surface area contributed by atoms with Crippen molar-refractivity contribution < 1.29 is 14.6 Å². The fraction of sp³-hybridized carbons (Fsp3) is 0.533.